The van der Waals surface area contributed by atoms with Crippen LogP contribution in [0.25, 0.3) is 0 Å². The minimum atomic E-state index is 0.503. The Morgan fingerprint density at radius 2 is 2.29 bits per heavy atom. The van der Waals surface area contributed by atoms with Gasteiger partial charge in [0.05, 0.1) is 16.9 Å². The van der Waals surface area contributed by atoms with Gasteiger partial charge in [-0.05, 0) is 40.9 Å². The number of thiazole rings is 1. The Morgan fingerprint density at radius 1 is 1.41 bits per heavy atom. The number of aryl methyl sites for hydroxylation is 1. The lowest BCUT2D eigenvalue weighted by atomic mass is 10.3. The first-order chi connectivity index (χ1) is 8.28. The fourth-order valence-corrected chi connectivity index (χ4v) is 2.47. The molecule has 3 nitrogen and oxygen atoms in total. The van der Waals surface area contributed by atoms with Crippen LogP contribution in [-0.2, 0) is 13.0 Å². The molecule has 90 valence electrons. The monoisotopic (exact) mass is 312 g/mol. The molecule has 0 saturated carbocycles. The summed E-state index contributed by atoms with van der Waals surface area (Å²) in [4.78, 5) is 8.60. The molecule has 2 rings (SSSR count). The summed E-state index contributed by atoms with van der Waals surface area (Å²) in [5.74, 6) is 0.762. The van der Waals surface area contributed by atoms with Gasteiger partial charge < -0.3 is 4.74 Å². The molecular weight excluding hydrogens is 300 g/mol. The van der Waals surface area contributed by atoms with Gasteiger partial charge in [0.15, 0.2) is 0 Å². The van der Waals surface area contributed by atoms with E-state index < -0.39 is 0 Å². The number of halogens is 1. The van der Waals surface area contributed by atoms with Gasteiger partial charge in [0.1, 0.15) is 17.0 Å². The van der Waals surface area contributed by atoms with E-state index >= 15 is 0 Å². The fraction of sp³-hybridized carbons (Fsp3) is 0.333. The van der Waals surface area contributed by atoms with Crippen LogP contribution in [0.4, 0.5) is 0 Å². The molecule has 2 aromatic rings. The number of hydrogen-bond acceptors (Lipinski definition) is 4. The predicted molar refractivity (Wildman–Crippen MR) is 72.4 cm³/mol. The lowest BCUT2D eigenvalue weighted by molar-refractivity contribution is 0.300. The minimum absolute atomic E-state index is 0.503. The molecule has 5 heteroatoms. The van der Waals surface area contributed by atoms with Gasteiger partial charge in [-0.1, -0.05) is 6.92 Å². The van der Waals surface area contributed by atoms with Crippen LogP contribution in [0.1, 0.15) is 24.0 Å². The molecule has 0 spiro atoms. The first-order valence-electron chi connectivity index (χ1n) is 5.45. The molecular formula is C12H13BrN2OS. The Balaban J connectivity index is 1.90. The maximum Gasteiger partial charge on any atom is 0.138 e. The predicted octanol–water partition coefficient (Wildman–Crippen LogP) is 3.83. The number of nitrogens with zero attached hydrogens (tertiary/aromatic N) is 2. The Hall–Kier alpha value is -0.940. The van der Waals surface area contributed by atoms with Crippen LogP contribution in [0.3, 0.4) is 0 Å². The van der Waals surface area contributed by atoms with Crippen LogP contribution in [-0.4, -0.2) is 9.97 Å². The van der Waals surface area contributed by atoms with Crippen LogP contribution in [0.2, 0.25) is 0 Å². The molecule has 0 aliphatic rings. The fourth-order valence-electron chi connectivity index (χ4n) is 1.35. The van der Waals surface area contributed by atoms with Crippen molar-refractivity contribution in [2.45, 2.75) is 26.4 Å². The standard InChI is InChI=1S/C12H13BrN2OS/c1-2-3-12-15-9(8-17-12)7-16-10-4-5-11(13)14-6-10/h4-6,8H,2-3,7H2,1H3. The van der Waals surface area contributed by atoms with Crippen molar-refractivity contribution in [1.82, 2.24) is 9.97 Å². The molecule has 0 fully saturated rings. The van der Waals surface area contributed by atoms with Crippen molar-refractivity contribution in [2.24, 2.45) is 0 Å². The third-order valence-electron chi connectivity index (χ3n) is 2.15. The van der Waals surface area contributed by atoms with Gasteiger partial charge in [-0.15, -0.1) is 11.3 Å². The Bertz CT molecular complexity index is 470. The summed E-state index contributed by atoms with van der Waals surface area (Å²) in [6.45, 7) is 2.66. The molecule has 0 N–H and O–H groups in total. The SMILES string of the molecule is CCCc1nc(COc2ccc(Br)nc2)cs1. The second kappa shape index (κ2) is 6.12. The highest BCUT2D eigenvalue weighted by atomic mass is 79.9. The van der Waals surface area contributed by atoms with E-state index in [0.717, 1.165) is 28.9 Å². The topological polar surface area (TPSA) is 35.0 Å². The molecule has 0 radical (unpaired) electrons. The first-order valence-corrected chi connectivity index (χ1v) is 7.13. The van der Waals surface area contributed by atoms with Gasteiger partial charge in [0, 0.05) is 5.38 Å². The average molecular weight is 313 g/mol. The first kappa shape index (κ1) is 12.5. The summed E-state index contributed by atoms with van der Waals surface area (Å²) in [6, 6.07) is 3.75. The van der Waals surface area contributed by atoms with Crippen molar-refractivity contribution in [1.29, 1.82) is 0 Å². The van der Waals surface area contributed by atoms with Gasteiger partial charge in [-0.25, -0.2) is 9.97 Å². The average Bonchev–Trinajstić information content (AvgIpc) is 2.77. The van der Waals surface area contributed by atoms with Crippen molar-refractivity contribution in [3.63, 3.8) is 0 Å². The Morgan fingerprint density at radius 3 is 3.00 bits per heavy atom. The van der Waals surface area contributed by atoms with Crippen molar-refractivity contribution >= 4 is 27.3 Å². The quantitative estimate of drug-likeness (QED) is 0.787. The number of rotatable bonds is 5. The van der Waals surface area contributed by atoms with Gasteiger partial charge in [0.2, 0.25) is 0 Å². The third kappa shape index (κ3) is 3.78. The zero-order chi connectivity index (χ0) is 12.1. The minimum Gasteiger partial charge on any atom is -0.486 e. The molecule has 2 aromatic heterocycles. The molecule has 0 atom stereocenters. The zero-order valence-corrected chi connectivity index (χ0v) is 11.9. The summed E-state index contributed by atoms with van der Waals surface area (Å²) in [6.07, 6.45) is 3.87. The lowest BCUT2D eigenvalue weighted by Gasteiger charge is -2.03. The van der Waals surface area contributed by atoms with E-state index in [1.54, 1.807) is 17.5 Å². The summed E-state index contributed by atoms with van der Waals surface area (Å²) in [5, 5.41) is 3.23. The summed E-state index contributed by atoms with van der Waals surface area (Å²) >= 11 is 4.98. The maximum atomic E-state index is 5.60. The van der Waals surface area contributed by atoms with Gasteiger partial charge >= 0.3 is 0 Å². The molecule has 0 aliphatic heterocycles. The molecule has 0 amide bonds. The van der Waals surface area contributed by atoms with Gasteiger partial charge in [0.25, 0.3) is 0 Å². The Labute approximate surface area is 113 Å². The van der Waals surface area contributed by atoms with Crippen LogP contribution in [0.5, 0.6) is 5.75 Å². The van der Waals surface area contributed by atoms with E-state index in [1.807, 2.05) is 12.1 Å². The van der Waals surface area contributed by atoms with E-state index in [4.69, 9.17) is 4.74 Å². The van der Waals surface area contributed by atoms with Crippen molar-refractivity contribution in [3.05, 3.63) is 39.0 Å². The van der Waals surface area contributed by atoms with Crippen LogP contribution in [0, 0.1) is 0 Å². The number of hydrogen-bond donors (Lipinski definition) is 0. The van der Waals surface area contributed by atoms with E-state index in [-0.39, 0.29) is 0 Å². The molecule has 2 heterocycles. The highest BCUT2D eigenvalue weighted by Crippen LogP contribution is 2.16. The second-order valence-electron chi connectivity index (χ2n) is 3.59. The highest BCUT2D eigenvalue weighted by molar-refractivity contribution is 9.10. The highest BCUT2D eigenvalue weighted by Gasteiger charge is 2.02. The summed E-state index contributed by atoms with van der Waals surface area (Å²) < 4.78 is 6.41. The molecule has 17 heavy (non-hydrogen) atoms. The van der Waals surface area contributed by atoms with Crippen molar-refractivity contribution in [2.75, 3.05) is 0 Å². The van der Waals surface area contributed by atoms with Crippen molar-refractivity contribution < 1.29 is 4.74 Å². The largest absolute Gasteiger partial charge is 0.486 e. The second-order valence-corrected chi connectivity index (χ2v) is 5.34. The normalized spacial score (nSPS) is 10.5. The van der Waals surface area contributed by atoms with E-state index in [1.165, 1.54) is 5.01 Å². The zero-order valence-electron chi connectivity index (χ0n) is 9.52. The molecule has 0 unspecified atom stereocenters. The van der Waals surface area contributed by atoms with Crippen LogP contribution in [0.15, 0.2) is 28.3 Å². The molecule has 0 aliphatic carbocycles. The van der Waals surface area contributed by atoms with E-state index in [2.05, 4.69) is 38.2 Å². The molecule has 0 bridgehead atoms. The van der Waals surface area contributed by atoms with Crippen LogP contribution < -0.4 is 4.74 Å². The van der Waals surface area contributed by atoms with E-state index in [0.29, 0.717) is 6.61 Å². The third-order valence-corrected chi connectivity index (χ3v) is 3.58. The maximum absolute atomic E-state index is 5.60. The van der Waals surface area contributed by atoms with Crippen LogP contribution >= 0.6 is 27.3 Å². The van der Waals surface area contributed by atoms with Gasteiger partial charge in [-0.3, -0.25) is 0 Å². The number of aromatic nitrogens is 2. The van der Waals surface area contributed by atoms with Crippen molar-refractivity contribution in [3.8, 4) is 5.75 Å². The number of pyridine rings is 1. The summed E-state index contributed by atoms with van der Waals surface area (Å²) in [5.41, 5.74) is 0.987. The number of ether oxygens (including phenoxy) is 1. The van der Waals surface area contributed by atoms with Gasteiger partial charge in [-0.2, -0.15) is 0 Å². The van der Waals surface area contributed by atoms with E-state index in [9.17, 15) is 0 Å². The molecule has 0 aromatic carbocycles. The smallest absolute Gasteiger partial charge is 0.138 e. The molecule has 0 saturated heterocycles. The summed E-state index contributed by atoms with van der Waals surface area (Å²) in [7, 11) is 0. The Kier molecular flexibility index (Phi) is 4.50. The lowest BCUT2D eigenvalue weighted by Crippen LogP contribution is -1.96.